The fourth-order valence-corrected chi connectivity index (χ4v) is 2.56. The number of aromatic nitrogens is 2. The fourth-order valence-electron chi connectivity index (χ4n) is 2.56. The minimum Gasteiger partial charge on any atom is -0.462 e. The van der Waals surface area contributed by atoms with Crippen LogP contribution in [0.1, 0.15) is 12.5 Å². The van der Waals surface area contributed by atoms with E-state index in [2.05, 4.69) is 10.3 Å². The number of imidazole rings is 1. The van der Waals surface area contributed by atoms with Crippen molar-refractivity contribution in [2.75, 3.05) is 6.61 Å². The number of hydrogen-bond donors (Lipinski definition) is 1. The number of rotatable bonds is 6. The van der Waals surface area contributed by atoms with Gasteiger partial charge in [0.1, 0.15) is 12.4 Å². The molecule has 26 heavy (non-hydrogen) atoms. The molecular formula is C20H18N4O2. The summed E-state index contributed by atoms with van der Waals surface area (Å²) in [6.45, 7) is 2.43. The van der Waals surface area contributed by atoms with E-state index in [1.165, 1.54) is 6.20 Å². The van der Waals surface area contributed by atoms with E-state index in [-0.39, 0.29) is 12.2 Å². The van der Waals surface area contributed by atoms with Crippen LogP contribution in [0.3, 0.4) is 0 Å². The van der Waals surface area contributed by atoms with Gasteiger partial charge in [-0.25, -0.2) is 9.78 Å². The molecule has 2 aromatic carbocycles. The van der Waals surface area contributed by atoms with Crippen LogP contribution in [0.5, 0.6) is 0 Å². The molecule has 0 amide bonds. The Kier molecular flexibility index (Phi) is 5.30. The summed E-state index contributed by atoms with van der Waals surface area (Å²) in [5, 5.41) is 12.0. The predicted molar refractivity (Wildman–Crippen MR) is 98.2 cm³/mol. The zero-order valence-electron chi connectivity index (χ0n) is 14.3. The molecule has 0 spiro atoms. The lowest BCUT2D eigenvalue weighted by Crippen LogP contribution is -2.12. The van der Waals surface area contributed by atoms with E-state index >= 15 is 0 Å². The Hall–Kier alpha value is -3.59. The van der Waals surface area contributed by atoms with E-state index < -0.39 is 5.97 Å². The van der Waals surface area contributed by atoms with Gasteiger partial charge < -0.3 is 10.1 Å². The molecule has 6 nitrogen and oxygen atoms in total. The van der Waals surface area contributed by atoms with Gasteiger partial charge >= 0.3 is 5.97 Å². The Labute approximate surface area is 151 Å². The van der Waals surface area contributed by atoms with E-state index in [4.69, 9.17) is 10.00 Å². The monoisotopic (exact) mass is 346 g/mol. The maximum atomic E-state index is 11.5. The third-order valence-corrected chi connectivity index (χ3v) is 3.84. The second-order valence-corrected chi connectivity index (χ2v) is 5.54. The Morgan fingerprint density at radius 3 is 2.77 bits per heavy atom. The van der Waals surface area contributed by atoms with Gasteiger partial charge in [-0.2, -0.15) is 5.26 Å². The Bertz CT molecular complexity index is 981. The van der Waals surface area contributed by atoms with Crippen LogP contribution in [0.25, 0.3) is 16.7 Å². The molecule has 1 heterocycles. The second kappa shape index (κ2) is 7.99. The van der Waals surface area contributed by atoms with E-state index in [9.17, 15) is 4.79 Å². The Morgan fingerprint density at radius 1 is 1.27 bits per heavy atom. The molecule has 3 rings (SSSR count). The standard InChI is InChI=1S/C20H18N4O2/c1-2-26-20(25)16(11-21)13-22-12-15-7-9-17(10-8-15)24-14-23-18-5-3-4-6-19(18)24/h3-10,13-14,22H,2,12H2,1H3. The number of nitrogens with zero attached hydrogens (tertiary/aromatic N) is 3. The lowest BCUT2D eigenvalue weighted by atomic mass is 10.2. The van der Waals surface area contributed by atoms with Gasteiger partial charge in [0.15, 0.2) is 5.57 Å². The topological polar surface area (TPSA) is 79.9 Å². The fraction of sp³-hybridized carbons (Fsp3) is 0.150. The molecular weight excluding hydrogens is 328 g/mol. The summed E-state index contributed by atoms with van der Waals surface area (Å²) in [6, 6.07) is 17.8. The molecule has 1 N–H and O–H groups in total. The number of carbonyl (C=O) groups is 1. The van der Waals surface area contributed by atoms with Crippen LogP contribution in [0.4, 0.5) is 0 Å². The number of ether oxygens (including phenoxy) is 1. The SMILES string of the molecule is CCOC(=O)C(C#N)=CNCc1ccc(-n2cnc3ccccc32)cc1. The summed E-state index contributed by atoms with van der Waals surface area (Å²) < 4.78 is 6.84. The Morgan fingerprint density at radius 2 is 2.04 bits per heavy atom. The lowest BCUT2D eigenvalue weighted by molar-refractivity contribution is -0.138. The van der Waals surface area contributed by atoms with Gasteiger partial charge in [-0.1, -0.05) is 24.3 Å². The molecule has 0 radical (unpaired) electrons. The van der Waals surface area contributed by atoms with Crippen LogP contribution in [0.15, 0.2) is 66.6 Å². The minimum absolute atomic E-state index is 0.0478. The molecule has 0 bridgehead atoms. The predicted octanol–water partition coefficient (Wildman–Crippen LogP) is 3.09. The van der Waals surface area contributed by atoms with Gasteiger partial charge in [-0.15, -0.1) is 0 Å². The first-order chi connectivity index (χ1) is 12.7. The first-order valence-electron chi connectivity index (χ1n) is 8.25. The summed E-state index contributed by atoms with van der Waals surface area (Å²) in [5.74, 6) is -0.621. The second-order valence-electron chi connectivity index (χ2n) is 5.54. The number of carbonyl (C=O) groups excluding carboxylic acids is 1. The van der Waals surface area contributed by atoms with Crippen LogP contribution in [-0.4, -0.2) is 22.1 Å². The number of hydrogen-bond acceptors (Lipinski definition) is 5. The van der Waals surface area contributed by atoms with Crippen molar-refractivity contribution < 1.29 is 9.53 Å². The molecule has 0 aliphatic carbocycles. The first kappa shape index (κ1) is 17.2. The molecule has 3 aromatic rings. The zero-order valence-corrected chi connectivity index (χ0v) is 14.3. The maximum Gasteiger partial charge on any atom is 0.350 e. The summed E-state index contributed by atoms with van der Waals surface area (Å²) in [6.07, 6.45) is 3.19. The number of fused-ring (bicyclic) bond motifs is 1. The molecule has 6 heteroatoms. The Balaban J connectivity index is 1.69. The van der Waals surface area contributed by atoms with Gasteiger partial charge in [0.25, 0.3) is 0 Å². The molecule has 0 atom stereocenters. The van der Waals surface area contributed by atoms with E-state index in [1.807, 2.05) is 59.2 Å². The minimum atomic E-state index is -0.621. The molecule has 0 saturated heterocycles. The van der Waals surface area contributed by atoms with Gasteiger partial charge in [-0.05, 0) is 36.8 Å². The van der Waals surface area contributed by atoms with Crippen molar-refractivity contribution in [2.24, 2.45) is 0 Å². The highest BCUT2D eigenvalue weighted by atomic mass is 16.5. The molecule has 0 fully saturated rings. The van der Waals surface area contributed by atoms with Crippen LogP contribution >= 0.6 is 0 Å². The van der Waals surface area contributed by atoms with Crippen LogP contribution in [0, 0.1) is 11.3 Å². The summed E-state index contributed by atoms with van der Waals surface area (Å²) >= 11 is 0. The van der Waals surface area contributed by atoms with E-state index in [0.29, 0.717) is 6.54 Å². The lowest BCUT2D eigenvalue weighted by Gasteiger charge is -2.07. The van der Waals surface area contributed by atoms with Crippen molar-refractivity contribution in [1.29, 1.82) is 5.26 Å². The zero-order chi connectivity index (χ0) is 18.4. The van der Waals surface area contributed by atoms with Crippen molar-refractivity contribution >= 4 is 17.0 Å². The summed E-state index contributed by atoms with van der Waals surface area (Å²) in [5.41, 5.74) is 3.99. The first-order valence-corrected chi connectivity index (χ1v) is 8.25. The number of para-hydroxylation sites is 2. The van der Waals surface area contributed by atoms with Gasteiger partial charge in [0, 0.05) is 18.4 Å². The van der Waals surface area contributed by atoms with Crippen LogP contribution in [0.2, 0.25) is 0 Å². The quantitative estimate of drug-likeness (QED) is 0.421. The third-order valence-electron chi connectivity index (χ3n) is 3.84. The summed E-state index contributed by atoms with van der Waals surface area (Å²) in [7, 11) is 0. The maximum absolute atomic E-state index is 11.5. The van der Waals surface area contributed by atoms with Crippen LogP contribution in [-0.2, 0) is 16.1 Å². The third kappa shape index (κ3) is 3.73. The number of benzene rings is 2. The average Bonchev–Trinajstić information content (AvgIpc) is 3.10. The van der Waals surface area contributed by atoms with E-state index in [0.717, 1.165) is 22.3 Å². The molecule has 0 aliphatic heterocycles. The van der Waals surface area contributed by atoms with Crippen molar-refractivity contribution in [3.63, 3.8) is 0 Å². The van der Waals surface area contributed by atoms with Gasteiger partial charge in [-0.3, -0.25) is 4.57 Å². The highest BCUT2D eigenvalue weighted by Crippen LogP contribution is 2.18. The average molecular weight is 346 g/mol. The molecule has 0 saturated carbocycles. The van der Waals surface area contributed by atoms with Crippen molar-refractivity contribution in [1.82, 2.24) is 14.9 Å². The number of nitrogens with one attached hydrogen (secondary N) is 1. The van der Waals surface area contributed by atoms with Gasteiger partial charge in [0.2, 0.25) is 0 Å². The van der Waals surface area contributed by atoms with Gasteiger partial charge in [0.05, 0.1) is 17.6 Å². The summed E-state index contributed by atoms with van der Waals surface area (Å²) in [4.78, 5) is 15.9. The molecule has 0 unspecified atom stereocenters. The largest absolute Gasteiger partial charge is 0.462 e. The highest BCUT2D eigenvalue weighted by molar-refractivity contribution is 5.92. The van der Waals surface area contributed by atoms with Crippen molar-refractivity contribution in [3.8, 4) is 11.8 Å². The van der Waals surface area contributed by atoms with Crippen molar-refractivity contribution in [2.45, 2.75) is 13.5 Å². The highest BCUT2D eigenvalue weighted by Gasteiger charge is 2.09. The smallest absolute Gasteiger partial charge is 0.350 e. The van der Waals surface area contributed by atoms with E-state index in [1.54, 1.807) is 13.3 Å². The molecule has 1 aromatic heterocycles. The van der Waals surface area contributed by atoms with Crippen molar-refractivity contribution in [3.05, 3.63) is 72.2 Å². The molecule has 0 aliphatic rings. The number of esters is 1. The van der Waals surface area contributed by atoms with Crippen LogP contribution < -0.4 is 5.32 Å². The molecule has 130 valence electrons. The number of nitriles is 1. The normalized spacial score (nSPS) is 11.2.